The van der Waals surface area contributed by atoms with Crippen LogP contribution in [-0.4, -0.2) is 27.7 Å². The van der Waals surface area contributed by atoms with E-state index in [2.05, 4.69) is 10.3 Å². The first-order valence-corrected chi connectivity index (χ1v) is 5.55. The van der Waals surface area contributed by atoms with Crippen molar-refractivity contribution in [3.8, 4) is 6.07 Å². The summed E-state index contributed by atoms with van der Waals surface area (Å²) >= 11 is 0. The maximum absolute atomic E-state index is 10.9. The zero-order chi connectivity index (χ0) is 13.5. The molecular weight excluding hydrogens is 236 g/mol. The van der Waals surface area contributed by atoms with E-state index in [0.717, 1.165) is 0 Å². The molecule has 0 saturated carbocycles. The van der Waals surface area contributed by atoms with Gasteiger partial charge in [0.2, 0.25) is 5.82 Å². The normalized spacial score (nSPS) is 11.6. The van der Waals surface area contributed by atoms with Gasteiger partial charge in [-0.3, -0.25) is 10.1 Å². The molecule has 0 radical (unpaired) electrons. The molecule has 7 heteroatoms. The summed E-state index contributed by atoms with van der Waals surface area (Å²) in [7, 11) is 0. The number of hydrogen-bond donors (Lipinski definition) is 2. The zero-order valence-corrected chi connectivity index (χ0v) is 9.96. The summed E-state index contributed by atoms with van der Waals surface area (Å²) in [5.41, 5.74) is -0.362. The molecule has 1 aromatic rings. The number of aliphatic hydroxyl groups is 1. The second kappa shape index (κ2) is 6.51. The third-order valence-electron chi connectivity index (χ3n) is 2.47. The van der Waals surface area contributed by atoms with Crippen LogP contribution in [0, 0.1) is 21.4 Å². The van der Waals surface area contributed by atoms with Gasteiger partial charge in [-0.05, 0) is 18.9 Å². The maximum Gasteiger partial charge on any atom is 0.328 e. The Balaban J connectivity index is 2.83. The van der Waals surface area contributed by atoms with Crippen molar-refractivity contribution in [2.24, 2.45) is 0 Å². The number of nitriles is 1. The number of aliphatic hydroxyl groups excluding tert-OH is 1. The number of hydrogen-bond acceptors (Lipinski definition) is 6. The Morgan fingerprint density at radius 2 is 2.44 bits per heavy atom. The lowest BCUT2D eigenvalue weighted by Crippen LogP contribution is -2.14. The van der Waals surface area contributed by atoms with Crippen LogP contribution < -0.4 is 5.32 Å². The first-order chi connectivity index (χ1) is 8.60. The molecule has 0 spiro atoms. The van der Waals surface area contributed by atoms with Crippen molar-refractivity contribution in [3.63, 3.8) is 0 Å². The molecule has 7 nitrogen and oxygen atoms in total. The summed E-state index contributed by atoms with van der Waals surface area (Å²) in [4.78, 5) is 14.1. The average molecular weight is 250 g/mol. The topological polar surface area (TPSA) is 112 Å². The second-order valence-corrected chi connectivity index (χ2v) is 3.70. The molecule has 96 valence electrons. The highest BCUT2D eigenvalue weighted by Crippen LogP contribution is 2.25. The monoisotopic (exact) mass is 250 g/mol. The van der Waals surface area contributed by atoms with Crippen LogP contribution in [0.3, 0.4) is 0 Å². The van der Waals surface area contributed by atoms with E-state index in [1.54, 1.807) is 6.07 Å². The summed E-state index contributed by atoms with van der Waals surface area (Å²) < 4.78 is 0. The van der Waals surface area contributed by atoms with Crippen molar-refractivity contribution >= 4 is 11.5 Å². The predicted molar refractivity (Wildman–Crippen MR) is 65.0 cm³/mol. The number of anilines is 1. The van der Waals surface area contributed by atoms with E-state index in [0.29, 0.717) is 19.4 Å². The molecule has 0 aliphatic heterocycles. The standard InChI is InChI=1S/C11H14N4O3/c1-2-9(16)4-6-14-11-10(15(17)18)8(7-12)3-5-13-11/h3,5,9,16H,2,4,6H2,1H3,(H,13,14). The zero-order valence-electron chi connectivity index (χ0n) is 9.96. The molecule has 0 saturated heterocycles. The largest absolute Gasteiger partial charge is 0.393 e. The molecule has 1 atom stereocenters. The Morgan fingerprint density at radius 1 is 1.72 bits per heavy atom. The quantitative estimate of drug-likeness (QED) is 0.583. The SMILES string of the molecule is CCC(O)CCNc1nccc(C#N)c1[N+](=O)[O-]. The lowest BCUT2D eigenvalue weighted by atomic mass is 10.2. The fourth-order valence-corrected chi connectivity index (χ4v) is 1.42. The molecule has 0 aliphatic carbocycles. The summed E-state index contributed by atoms with van der Waals surface area (Å²) in [6, 6.07) is 3.05. The van der Waals surface area contributed by atoms with Gasteiger partial charge in [-0.15, -0.1) is 0 Å². The molecule has 0 amide bonds. The van der Waals surface area contributed by atoms with Gasteiger partial charge >= 0.3 is 5.69 Å². The lowest BCUT2D eigenvalue weighted by molar-refractivity contribution is -0.384. The van der Waals surface area contributed by atoms with E-state index >= 15 is 0 Å². The molecule has 2 N–H and O–H groups in total. The highest BCUT2D eigenvalue weighted by molar-refractivity contribution is 5.63. The van der Waals surface area contributed by atoms with Crippen LogP contribution in [0.15, 0.2) is 12.3 Å². The van der Waals surface area contributed by atoms with Gasteiger partial charge in [-0.2, -0.15) is 5.26 Å². The van der Waals surface area contributed by atoms with E-state index in [4.69, 9.17) is 5.26 Å². The van der Waals surface area contributed by atoms with Gasteiger partial charge in [-0.1, -0.05) is 6.92 Å². The number of pyridine rings is 1. The highest BCUT2D eigenvalue weighted by Gasteiger charge is 2.20. The van der Waals surface area contributed by atoms with Crippen LogP contribution in [0.5, 0.6) is 0 Å². The summed E-state index contributed by atoms with van der Waals surface area (Å²) in [6.45, 7) is 2.21. The van der Waals surface area contributed by atoms with Gasteiger partial charge < -0.3 is 10.4 Å². The Bertz CT molecular complexity index is 470. The fourth-order valence-electron chi connectivity index (χ4n) is 1.42. The van der Waals surface area contributed by atoms with Crippen molar-refractivity contribution in [1.82, 2.24) is 4.98 Å². The van der Waals surface area contributed by atoms with Gasteiger partial charge in [0.05, 0.1) is 11.0 Å². The number of rotatable bonds is 6. The second-order valence-electron chi connectivity index (χ2n) is 3.70. The van der Waals surface area contributed by atoms with Crippen LogP contribution >= 0.6 is 0 Å². The predicted octanol–water partition coefficient (Wildman–Crippen LogP) is 1.43. The Hall–Kier alpha value is -2.20. The van der Waals surface area contributed by atoms with Crippen molar-refractivity contribution in [2.75, 3.05) is 11.9 Å². The number of nitrogens with zero attached hydrogens (tertiary/aromatic N) is 3. The smallest absolute Gasteiger partial charge is 0.328 e. The van der Waals surface area contributed by atoms with Gasteiger partial charge in [0.1, 0.15) is 11.6 Å². The minimum absolute atomic E-state index is 0.0338. The van der Waals surface area contributed by atoms with Crippen LogP contribution in [0.1, 0.15) is 25.3 Å². The number of aromatic nitrogens is 1. The van der Waals surface area contributed by atoms with Crippen molar-refractivity contribution in [2.45, 2.75) is 25.9 Å². The molecule has 0 aliphatic rings. The lowest BCUT2D eigenvalue weighted by Gasteiger charge is -2.09. The molecule has 0 bridgehead atoms. The maximum atomic E-state index is 10.9. The molecule has 18 heavy (non-hydrogen) atoms. The van der Waals surface area contributed by atoms with Crippen LogP contribution in [0.2, 0.25) is 0 Å². The number of nitrogens with one attached hydrogen (secondary N) is 1. The Morgan fingerprint density at radius 3 is 3.00 bits per heavy atom. The van der Waals surface area contributed by atoms with Gasteiger partial charge in [0, 0.05) is 12.7 Å². The van der Waals surface area contributed by atoms with Crippen LogP contribution in [-0.2, 0) is 0 Å². The molecule has 1 rings (SSSR count). The summed E-state index contributed by atoms with van der Waals surface area (Å²) in [6.07, 6.45) is 1.97. The Labute approximate surface area is 104 Å². The molecule has 1 heterocycles. The minimum atomic E-state index is -0.635. The summed E-state index contributed by atoms with van der Waals surface area (Å²) in [5.74, 6) is 0.0577. The van der Waals surface area contributed by atoms with E-state index in [-0.39, 0.29) is 17.1 Å². The fraction of sp³-hybridized carbons (Fsp3) is 0.455. The molecule has 0 aromatic carbocycles. The van der Waals surface area contributed by atoms with Gasteiger partial charge in [0.25, 0.3) is 0 Å². The van der Waals surface area contributed by atoms with E-state index in [1.165, 1.54) is 12.3 Å². The highest BCUT2D eigenvalue weighted by atomic mass is 16.6. The van der Waals surface area contributed by atoms with Gasteiger partial charge in [-0.25, -0.2) is 4.98 Å². The van der Waals surface area contributed by atoms with Crippen LogP contribution in [0.4, 0.5) is 11.5 Å². The first-order valence-electron chi connectivity index (χ1n) is 5.55. The average Bonchev–Trinajstić information content (AvgIpc) is 2.37. The van der Waals surface area contributed by atoms with Crippen molar-refractivity contribution in [3.05, 3.63) is 27.9 Å². The van der Waals surface area contributed by atoms with E-state index in [9.17, 15) is 15.2 Å². The molecule has 0 fully saturated rings. The molecule has 1 aromatic heterocycles. The van der Waals surface area contributed by atoms with E-state index < -0.39 is 11.0 Å². The Kier molecular flexibility index (Phi) is 5.02. The molecular formula is C11H14N4O3. The minimum Gasteiger partial charge on any atom is -0.393 e. The van der Waals surface area contributed by atoms with Crippen LogP contribution in [0.25, 0.3) is 0 Å². The third kappa shape index (κ3) is 3.40. The van der Waals surface area contributed by atoms with E-state index in [1.807, 2.05) is 6.92 Å². The van der Waals surface area contributed by atoms with Crippen molar-refractivity contribution < 1.29 is 10.0 Å². The first kappa shape index (κ1) is 13.9. The third-order valence-corrected chi connectivity index (χ3v) is 2.47. The van der Waals surface area contributed by atoms with Crippen molar-refractivity contribution in [1.29, 1.82) is 5.26 Å². The summed E-state index contributed by atoms with van der Waals surface area (Å²) in [5, 5.41) is 31.8. The molecule has 1 unspecified atom stereocenters. The van der Waals surface area contributed by atoms with Gasteiger partial charge in [0.15, 0.2) is 0 Å². The number of nitro groups is 1.